The zero-order chi connectivity index (χ0) is 14.5. The molecule has 0 aromatic heterocycles. The molecule has 0 fully saturated rings. The minimum Gasteiger partial charge on any atom is -0.456 e. The molecule has 4 nitrogen and oxygen atoms in total. The molecule has 0 aliphatic rings. The Morgan fingerprint density at radius 3 is 2.68 bits per heavy atom. The normalized spacial score (nSPS) is 10.3. The average molecular weight is 273 g/mol. The van der Waals surface area contributed by atoms with Gasteiger partial charge in [-0.05, 0) is 25.1 Å². The van der Waals surface area contributed by atoms with Gasteiger partial charge in [-0.15, -0.1) is 13.2 Å². The lowest BCUT2D eigenvalue weighted by Gasteiger charge is -2.10. The summed E-state index contributed by atoms with van der Waals surface area (Å²) in [4.78, 5) is 11.0. The van der Waals surface area contributed by atoms with Crippen molar-refractivity contribution in [2.45, 2.75) is 13.3 Å². The van der Waals surface area contributed by atoms with E-state index in [0.717, 1.165) is 6.07 Å². The number of esters is 1. The first-order valence-corrected chi connectivity index (χ1v) is 5.16. The van der Waals surface area contributed by atoms with E-state index in [0.29, 0.717) is 0 Å². The second-order valence-electron chi connectivity index (χ2n) is 3.27. The van der Waals surface area contributed by atoms with E-state index in [4.69, 9.17) is 5.73 Å². The molecule has 0 saturated heterocycles. The zero-order valence-electron chi connectivity index (χ0n) is 9.88. The van der Waals surface area contributed by atoms with Crippen LogP contribution in [-0.4, -0.2) is 18.9 Å². The highest BCUT2D eigenvalue weighted by Crippen LogP contribution is 2.27. The number of alkyl halides is 3. The van der Waals surface area contributed by atoms with E-state index in [1.165, 1.54) is 12.1 Å². The fraction of sp³-hybridized carbons (Fsp3) is 0.250. The third kappa shape index (κ3) is 5.21. The number of nitrogen functional groups attached to an aromatic ring is 1. The summed E-state index contributed by atoms with van der Waals surface area (Å²) in [5.41, 5.74) is 5.48. The minimum atomic E-state index is -4.85. The fourth-order valence-corrected chi connectivity index (χ4v) is 1.14. The molecule has 1 aromatic rings. The number of halogens is 3. The number of carbonyl (C=O) groups is 1. The molecule has 2 N–H and O–H groups in total. The van der Waals surface area contributed by atoms with Gasteiger partial charge in [-0.2, -0.15) is 0 Å². The highest BCUT2D eigenvalue weighted by molar-refractivity contribution is 5.89. The first-order chi connectivity index (χ1) is 8.81. The molecule has 102 valence electrons. The second kappa shape index (κ2) is 6.00. The zero-order valence-corrected chi connectivity index (χ0v) is 9.88. The van der Waals surface area contributed by atoms with Crippen molar-refractivity contribution < 1.29 is 27.4 Å². The summed E-state index contributed by atoms with van der Waals surface area (Å²) in [5, 5.41) is 0. The van der Waals surface area contributed by atoms with E-state index in [2.05, 4.69) is 15.4 Å². The lowest BCUT2D eigenvalue weighted by Crippen LogP contribution is -2.17. The monoisotopic (exact) mass is 273 g/mol. The Labute approximate surface area is 107 Å². The van der Waals surface area contributed by atoms with Gasteiger partial charge >= 0.3 is 12.3 Å². The van der Waals surface area contributed by atoms with Crippen LogP contribution in [0.1, 0.15) is 12.5 Å². The van der Waals surface area contributed by atoms with Gasteiger partial charge in [0.2, 0.25) is 0 Å². The number of nitrogens with two attached hydrogens (primary N) is 1. The van der Waals surface area contributed by atoms with Gasteiger partial charge in [0.15, 0.2) is 0 Å². The van der Waals surface area contributed by atoms with Gasteiger partial charge in [-0.1, -0.05) is 5.92 Å². The molecule has 0 aliphatic carbocycles. The summed E-state index contributed by atoms with van der Waals surface area (Å²) in [6, 6.07) is 3.43. The van der Waals surface area contributed by atoms with Gasteiger partial charge in [0.1, 0.15) is 5.75 Å². The standard InChI is InChI=1S/C12H10F3NO3/c1-2-18-11(17)6-3-8-7-9(16)4-5-10(8)19-12(13,14)15/h4-5,7H,2,16H2,1H3. The molecule has 1 rings (SSSR count). The molecule has 19 heavy (non-hydrogen) atoms. The molecule has 1 aromatic carbocycles. The van der Waals surface area contributed by atoms with Gasteiger partial charge in [-0.25, -0.2) is 4.79 Å². The Balaban J connectivity index is 3.04. The predicted octanol–water partition coefficient (Wildman–Crippen LogP) is 2.08. The maximum absolute atomic E-state index is 12.1. The third-order valence-corrected chi connectivity index (χ3v) is 1.80. The Morgan fingerprint density at radius 2 is 2.11 bits per heavy atom. The summed E-state index contributed by atoms with van der Waals surface area (Å²) in [6.45, 7) is 1.70. The fourth-order valence-electron chi connectivity index (χ4n) is 1.14. The van der Waals surface area contributed by atoms with E-state index in [1.807, 2.05) is 5.92 Å². The van der Waals surface area contributed by atoms with Crippen LogP contribution < -0.4 is 10.5 Å². The van der Waals surface area contributed by atoms with E-state index in [1.54, 1.807) is 6.92 Å². The molecular weight excluding hydrogens is 263 g/mol. The van der Waals surface area contributed by atoms with Crippen molar-refractivity contribution in [1.82, 2.24) is 0 Å². The Hall–Kier alpha value is -2.36. The van der Waals surface area contributed by atoms with Crippen molar-refractivity contribution in [3.05, 3.63) is 23.8 Å². The van der Waals surface area contributed by atoms with Crippen LogP contribution in [0.25, 0.3) is 0 Å². The van der Waals surface area contributed by atoms with Gasteiger partial charge in [0.25, 0.3) is 0 Å². The van der Waals surface area contributed by atoms with Gasteiger partial charge in [0.05, 0.1) is 12.2 Å². The van der Waals surface area contributed by atoms with Crippen LogP contribution in [0.15, 0.2) is 18.2 Å². The molecule has 0 unspecified atom stereocenters. The lowest BCUT2D eigenvalue weighted by atomic mass is 10.2. The molecule has 0 bridgehead atoms. The average Bonchev–Trinajstić information content (AvgIpc) is 2.28. The minimum absolute atomic E-state index is 0.121. The van der Waals surface area contributed by atoms with Crippen molar-refractivity contribution in [3.63, 3.8) is 0 Å². The lowest BCUT2D eigenvalue weighted by molar-refractivity contribution is -0.274. The van der Waals surface area contributed by atoms with Crippen molar-refractivity contribution in [2.24, 2.45) is 0 Å². The Kier molecular flexibility index (Phi) is 4.64. The molecule has 0 amide bonds. The summed E-state index contributed by atoms with van der Waals surface area (Å²) in [7, 11) is 0. The molecule has 0 saturated carbocycles. The second-order valence-corrected chi connectivity index (χ2v) is 3.27. The van der Waals surface area contributed by atoms with Crippen LogP contribution in [-0.2, 0) is 9.53 Å². The van der Waals surface area contributed by atoms with Crippen LogP contribution in [0.4, 0.5) is 18.9 Å². The summed E-state index contributed by atoms with van der Waals surface area (Å²) in [6.07, 6.45) is -4.85. The van der Waals surface area contributed by atoms with Crippen LogP contribution in [0.2, 0.25) is 0 Å². The van der Waals surface area contributed by atoms with Crippen molar-refractivity contribution in [3.8, 4) is 17.6 Å². The summed E-state index contributed by atoms with van der Waals surface area (Å²) >= 11 is 0. The van der Waals surface area contributed by atoms with Crippen LogP contribution >= 0.6 is 0 Å². The van der Waals surface area contributed by atoms with E-state index in [-0.39, 0.29) is 17.9 Å². The topological polar surface area (TPSA) is 61.5 Å². The smallest absolute Gasteiger partial charge is 0.456 e. The molecule has 7 heteroatoms. The number of anilines is 1. The SMILES string of the molecule is CCOC(=O)C#Cc1cc(N)ccc1OC(F)(F)F. The first kappa shape index (κ1) is 14.7. The van der Waals surface area contributed by atoms with Crippen LogP contribution in [0.5, 0.6) is 5.75 Å². The predicted molar refractivity (Wildman–Crippen MR) is 61.0 cm³/mol. The molecule has 0 aliphatic heterocycles. The Morgan fingerprint density at radius 1 is 1.42 bits per heavy atom. The highest BCUT2D eigenvalue weighted by atomic mass is 19.4. The van der Waals surface area contributed by atoms with Crippen molar-refractivity contribution in [2.75, 3.05) is 12.3 Å². The molecule has 0 radical (unpaired) electrons. The van der Waals surface area contributed by atoms with Gasteiger partial charge in [0, 0.05) is 11.6 Å². The Bertz CT molecular complexity index is 529. The number of hydrogen-bond donors (Lipinski definition) is 1. The molecule has 0 heterocycles. The third-order valence-electron chi connectivity index (χ3n) is 1.80. The maximum atomic E-state index is 12.1. The largest absolute Gasteiger partial charge is 0.573 e. The van der Waals surface area contributed by atoms with Crippen molar-refractivity contribution >= 4 is 11.7 Å². The van der Waals surface area contributed by atoms with Gasteiger partial charge < -0.3 is 15.2 Å². The summed E-state index contributed by atoms with van der Waals surface area (Å²) in [5.74, 6) is 2.90. The van der Waals surface area contributed by atoms with E-state index in [9.17, 15) is 18.0 Å². The first-order valence-electron chi connectivity index (χ1n) is 5.16. The van der Waals surface area contributed by atoms with E-state index >= 15 is 0 Å². The van der Waals surface area contributed by atoms with Gasteiger partial charge in [-0.3, -0.25) is 0 Å². The maximum Gasteiger partial charge on any atom is 0.573 e. The van der Waals surface area contributed by atoms with Crippen LogP contribution in [0.3, 0.4) is 0 Å². The number of ether oxygens (including phenoxy) is 2. The highest BCUT2D eigenvalue weighted by Gasteiger charge is 2.32. The number of rotatable bonds is 2. The van der Waals surface area contributed by atoms with E-state index < -0.39 is 18.1 Å². The molecule has 0 atom stereocenters. The quantitative estimate of drug-likeness (QED) is 0.509. The molecular formula is C12H10F3NO3. The number of carbonyl (C=O) groups excluding carboxylic acids is 1. The summed E-state index contributed by atoms with van der Waals surface area (Å²) < 4.78 is 44.7. The number of hydrogen-bond acceptors (Lipinski definition) is 4. The van der Waals surface area contributed by atoms with Crippen molar-refractivity contribution in [1.29, 1.82) is 0 Å². The van der Waals surface area contributed by atoms with Crippen LogP contribution in [0, 0.1) is 11.8 Å². The number of benzene rings is 1. The molecule has 0 spiro atoms.